The van der Waals surface area contributed by atoms with Gasteiger partial charge in [-0.2, -0.15) is 0 Å². The zero-order chi connectivity index (χ0) is 20.2. The van der Waals surface area contributed by atoms with Gasteiger partial charge in [0.25, 0.3) is 0 Å². The lowest BCUT2D eigenvalue weighted by Gasteiger charge is -2.36. The molecular formula is C23H32N4OS. The predicted molar refractivity (Wildman–Crippen MR) is 121 cm³/mol. The maximum absolute atomic E-state index is 6.01. The molecule has 0 atom stereocenters. The Morgan fingerprint density at radius 2 is 1.90 bits per heavy atom. The number of nitrogens with zero attached hydrogens (tertiary/aromatic N) is 4. The maximum Gasteiger partial charge on any atom is 0.142 e. The number of likely N-dealkylation sites (tertiary alicyclic amines) is 1. The molecule has 2 fully saturated rings. The molecule has 0 bridgehead atoms. The zero-order valence-electron chi connectivity index (χ0n) is 17.6. The van der Waals surface area contributed by atoms with Crippen LogP contribution in [0.15, 0.2) is 42.7 Å². The number of ether oxygens (including phenoxy) is 1. The molecule has 0 aliphatic carbocycles. The molecule has 0 amide bonds. The van der Waals surface area contributed by atoms with Crippen LogP contribution >= 0.6 is 11.3 Å². The highest BCUT2D eigenvalue weighted by molar-refractivity contribution is 7.11. The largest absolute Gasteiger partial charge is 0.489 e. The quantitative estimate of drug-likeness (QED) is 0.674. The number of hydrogen-bond acceptors (Lipinski definition) is 6. The highest BCUT2D eigenvalue weighted by Gasteiger charge is 2.21. The van der Waals surface area contributed by atoms with Crippen LogP contribution in [0.4, 0.5) is 5.69 Å². The fraction of sp³-hybridized carbons (Fsp3) is 0.522. The van der Waals surface area contributed by atoms with Crippen molar-refractivity contribution in [2.24, 2.45) is 0 Å². The van der Waals surface area contributed by atoms with Gasteiger partial charge in [0.15, 0.2) is 0 Å². The summed E-state index contributed by atoms with van der Waals surface area (Å²) in [5, 5.41) is 1.22. The van der Waals surface area contributed by atoms with Crippen molar-refractivity contribution in [3.05, 3.63) is 52.6 Å². The summed E-state index contributed by atoms with van der Waals surface area (Å²) in [6.07, 6.45) is 4.62. The van der Waals surface area contributed by atoms with Gasteiger partial charge >= 0.3 is 0 Å². The number of benzene rings is 1. The topological polar surface area (TPSA) is 31.8 Å². The third kappa shape index (κ3) is 5.11. The van der Waals surface area contributed by atoms with Crippen molar-refractivity contribution in [1.82, 2.24) is 14.8 Å². The summed E-state index contributed by atoms with van der Waals surface area (Å²) in [7, 11) is 0. The SMILES string of the molecule is C=C1CCCN1Cc1cnc(CN2CCN(c3ccccc3OC(C)C)CC2)s1. The first-order chi connectivity index (χ1) is 14.1. The Balaban J connectivity index is 1.30. The number of allylic oxidation sites excluding steroid dienone is 1. The first-order valence-corrected chi connectivity index (χ1v) is 11.5. The van der Waals surface area contributed by atoms with Gasteiger partial charge in [-0.05, 0) is 38.8 Å². The van der Waals surface area contributed by atoms with Crippen LogP contribution in [0.25, 0.3) is 0 Å². The Hall–Kier alpha value is -2.05. The number of rotatable bonds is 7. The number of piperazine rings is 1. The fourth-order valence-corrected chi connectivity index (χ4v) is 5.05. The van der Waals surface area contributed by atoms with Crippen molar-refractivity contribution in [1.29, 1.82) is 0 Å². The highest BCUT2D eigenvalue weighted by Crippen LogP contribution is 2.30. The van der Waals surface area contributed by atoms with E-state index >= 15 is 0 Å². The van der Waals surface area contributed by atoms with E-state index in [0.717, 1.165) is 58.0 Å². The van der Waals surface area contributed by atoms with Crippen LogP contribution in [0.2, 0.25) is 0 Å². The van der Waals surface area contributed by atoms with E-state index < -0.39 is 0 Å². The van der Waals surface area contributed by atoms with Gasteiger partial charge in [0, 0.05) is 49.5 Å². The maximum atomic E-state index is 6.01. The lowest BCUT2D eigenvalue weighted by atomic mass is 10.2. The monoisotopic (exact) mass is 412 g/mol. The number of hydrogen-bond donors (Lipinski definition) is 0. The van der Waals surface area contributed by atoms with Crippen LogP contribution in [-0.4, -0.2) is 53.6 Å². The van der Waals surface area contributed by atoms with Crippen LogP contribution in [0.3, 0.4) is 0 Å². The molecule has 5 nitrogen and oxygen atoms in total. The summed E-state index contributed by atoms with van der Waals surface area (Å²) in [4.78, 5) is 13.4. The molecule has 4 rings (SSSR count). The minimum absolute atomic E-state index is 0.189. The van der Waals surface area contributed by atoms with E-state index in [2.05, 4.69) is 70.6 Å². The minimum atomic E-state index is 0.189. The predicted octanol–water partition coefficient (Wildman–Crippen LogP) is 4.36. The molecule has 0 radical (unpaired) electrons. The van der Waals surface area contributed by atoms with Crippen molar-refractivity contribution in [3.8, 4) is 5.75 Å². The van der Waals surface area contributed by atoms with E-state index in [-0.39, 0.29) is 6.10 Å². The summed E-state index contributed by atoms with van der Waals surface area (Å²) in [5.74, 6) is 0.990. The standard InChI is InChI=1S/C23H32N4OS/c1-18(2)28-22-9-5-4-8-21(22)26-13-11-25(12-14-26)17-23-24-15-20(29-23)16-27-10-6-7-19(27)3/h4-5,8-9,15,18H,3,6-7,10-14,16-17H2,1-2H3. The van der Waals surface area contributed by atoms with Crippen LogP contribution in [-0.2, 0) is 13.1 Å². The van der Waals surface area contributed by atoms with E-state index in [1.807, 2.05) is 11.3 Å². The Morgan fingerprint density at radius 3 is 2.62 bits per heavy atom. The second kappa shape index (κ2) is 9.18. The molecule has 6 heteroatoms. The minimum Gasteiger partial charge on any atom is -0.489 e. The molecule has 156 valence electrons. The summed E-state index contributed by atoms with van der Waals surface area (Å²) >= 11 is 1.85. The number of para-hydroxylation sites is 2. The highest BCUT2D eigenvalue weighted by atomic mass is 32.1. The van der Waals surface area contributed by atoms with Crippen LogP contribution in [0.1, 0.15) is 36.6 Å². The van der Waals surface area contributed by atoms with Gasteiger partial charge in [-0.15, -0.1) is 11.3 Å². The molecule has 0 saturated carbocycles. The molecule has 0 unspecified atom stereocenters. The number of thiazole rings is 1. The van der Waals surface area contributed by atoms with E-state index in [0.29, 0.717) is 0 Å². The molecule has 29 heavy (non-hydrogen) atoms. The van der Waals surface area contributed by atoms with Crippen LogP contribution < -0.4 is 9.64 Å². The first-order valence-electron chi connectivity index (χ1n) is 10.7. The molecule has 1 aromatic carbocycles. The zero-order valence-corrected chi connectivity index (χ0v) is 18.5. The third-order valence-electron chi connectivity index (χ3n) is 5.59. The summed E-state index contributed by atoms with van der Waals surface area (Å²) in [6, 6.07) is 8.40. The molecule has 0 N–H and O–H groups in total. The molecule has 3 heterocycles. The van der Waals surface area contributed by atoms with Crippen molar-refractivity contribution in [2.75, 3.05) is 37.6 Å². The summed E-state index contributed by atoms with van der Waals surface area (Å²) < 4.78 is 6.01. The average molecular weight is 413 g/mol. The first kappa shape index (κ1) is 20.2. The molecule has 2 saturated heterocycles. The van der Waals surface area contributed by atoms with E-state index in [4.69, 9.17) is 4.74 Å². The van der Waals surface area contributed by atoms with Gasteiger partial charge in [-0.3, -0.25) is 4.90 Å². The third-order valence-corrected chi connectivity index (χ3v) is 6.56. The summed E-state index contributed by atoms with van der Waals surface area (Å²) in [5.41, 5.74) is 2.49. The van der Waals surface area contributed by atoms with Crippen molar-refractivity contribution in [3.63, 3.8) is 0 Å². The second-order valence-electron chi connectivity index (χ2n) is 8.21. The molecular weight excluding hydrogens is 380 g/mol. The molecule has 2 aliphatic heterocycles. The van der Waals surface area contributed by atoms with Crippen molar-refractivity contribution >= 4 is 17.0 Å². The Kier molecular flexibility index (Phi) is 6.40. The molecule has 2 aliphatic rings. The average Bonchev–Trinajstić information content (AvgIpc) is 3.32. The smallest absolute Gasteiger partial charge is 0.142 e. The van der Waals surface area contributed by atoms with E-state index in [1.54, 1.807) is 0 Å². The fourth-order valence-electron chi connectivity index (χ4n) is 4.07. The number of anilines is 1. The van der Waals surface area contributed by atoms with Gasteiger partial charge in [-0.1, -0.05) is 18.7 Å². The van der Waals surface area contributed by atoms with Crippen LogP contribution in [0.5, 0.6) is 5.75 Å². The van der Waals surface area contributed by atoms with Crippen molar-refractivity contribution < 1.29 is 4.74 Å². The van der Waals surface area contributed by atoms with Gasteiger partial charge in [-0.25, -0.2) is 4.98 Å². The van der Waals surface area contributed by atoms with Gasteiger partial charge in [0.2, 0.25) is 0 Å². The molecule has 2 aromatic rings. The summed E-state index contributed by atoms with van der Waals surface area (Å²) in [6.45, 7) is 15.5. The molecule has 1 aromatic heterocycles. The van der Waals surface area contributed by atoms with Crippen molar-refractivity contribution in [2.45, 2.75) is 45.9 Å². The van der Waals surface area contributed by atoms with Crippen LogP contribution in [0, 0.1) is 0 Å². The van der Waals surface area contributed by atoms with Gasteiger partial charge < -0.3 is 14.5 Å². The Morgan fingerprint density at radius 1 is 1.10 bits per heavy atom. The lowest BCUT2D eigenvalue weighted by Crippen LogP contribution is -2.46. The van der Waals surface area contributed by atoms with Gasteiger partial charge in [0.05, 0.1) is 24.9 Å². The number of aromatic nitrogens is 1. The normalized spacial score (nSPS) is 18.1. The van der Waals surface area contributed by atoms with E-state index in [9.17, 15) is 0 Å². The Bertz CT molecular complexity index is 826. The van der Waals surface area contributed by atoms with Gasteiger partial charge in [0.1, 0.15) is 10.8 Å². The lowest BCUT2D eigenvalue weighted by molar-refractivity contribution is 0.235. The van der Waals surface area contributed by atoms with E-state index in [1.165, 1.54) is 27.7 Å². The Labute approximate surface area is 178 Å². The molecule has 0 spiro atoms. The second-order valence-corrected chi connectivity index (χ2v) is 9.41.